The second-order valence-electron chi connectivity index (χ2n) is 9.21. The van der Waals surface area contributed by atoms with Crippen LogP contribution in [-0.4, -0.2) is 51.9 Å². The molecule has 2 aromatic heterocycles. The van der Waals surface area contributed by atoms with Gasteiger partial charge in [0.15, 0.2) is 0 Å². The molecule has 216 valence electrons. The average Bonchev–Trinajstić information content (AvgIpc) is 3.29. The summed E-state index contributed by atoms with van der Waals surface area (Å²) >= 11 is 0. The van der Waals surface area contributed by atoms with Gasteiger partial charge in [-0.3, -0.25) is 14.5 Å². The monoisotopic (exact) mass is 560 g/mol. The fraction of sp³-hybridized carbons (Fsp3) is 0.310. The predicted molar refractivity (Wildman–Crippen MR) is 158 cm³/mol. The van der Waals surface area contributed by atoms with Crippen molar-refractivity contribution in [1.82, 2.24) is 14.5 Å². The lowest BCUT2D eigenvalue weighted by Crippen LogP contribution is -2.37. The molecule has 0 aliphatic heterocycles. The number of aryl methyl sites for hydroxylation is 1. The van der Waals surface area contributed by atoms with Gasteiger partial charge in [-0.1, -0.05) is 26.0 Å². The number of hydrogen-bond donors (Lipinski definition) is 3. The summed E-state index contributed by atoms with van der Waals surface area (Å²) in [5.74, 6) is 0.184. The minimum absolute atomic E-state index is 0.0357. The van der Waals surface area contributed by atoms with Crippen molar-refractivity contribution < 1.29 is 19.1 Å². The van der Waals surface area contributed by atoms with Crippen molar-refractivity contribution in [3.63, 3.8) is 0 Å². The SMILES string of the molecule is CCc1nc(CNc2ccc(/C(N)=N\C(=O)OC)cc2)n(C)c1/C=C\C(C)C(=O)N(CCC(N)=O)c1ccccn1. The zero-order valence-electron chi connectivity index (χ0n) is 23.7. The maximum Gasteiger partial charge on any atom is 0.435 e. The van der Waals surface area contributed by atoms with E-state index in [1.165, 1.54) is 12.0 Å². The number of aliphatic imine (C=N–C) groups is 1. The first-order chi connectivity index (χ1) is 19.6. The third kappa shape index (κ3) is 8.24. The second-order valence-corrected chi connectivity index (χ2v) is 9.21. The number of nitrogens with two attached hydrogens (primary N) is 2. The van der Waals surface area contributed by atoms with Gasteiger partial charge >= 0.3 is 6.09 Å². The highest BCUT2D eigenvalue weighted by Crippen LogP contribution is 2.19. The Morgan fingerprint density at radius 3 is 2.51 bits per heavy atom. The molecule has 12 heteroatoms. The fourth-order valence-corrected chi connectivity index (χ4v) is 4.03. The van der Waals surface area contributed by atoms with Crippen LogP contribution < -0.4 is 21.7 Å². The molecule has 0 saturated heterocycles. The van der Waals surface area contributed by atoms with Crippen LogP contribution in [0.25, 0.3) is 6.08 Å². The topological polar surface area (TPSA) is 171 Å². The summed E-state index contributed by atoms with van der Waals surface area (Å²) in [6, 6.07) is 12.4. The number of hydrogen-bond acceptors (Lipinski definition) is 7. The molecule has 3 aromatic rings. The number of methoxy groups -OCH3 is 1. The van der Waals surface area contributed by atoms with E-state index in [0.717, 1.165) is 22.9 Å². The quantitative estimate of drug-likeness (QED) is 0.224. The van der Waals surface area contributed by atoms with Crippen molar-refractivity contribution in [1.29, 1.82) is 0 Å². The van der Waals surface area contributed by atoms with Crippen LogP contribution in [0.15, 0.2) is 59.7 Å². The number of ether oxygens (including phenoxy) is 1. The van der Waals surface area contributed by atoms with Gasteiger partial charge in [0.2, 0.25) is 11.8 Å². The van der Waals surface area contributed by atoms with E-state index in [2.05, 4.69) is 20.0 Å². The van der Waals surface area contributed by atoms with E-state index in [-0.39, 0.29) is 24.7 Å². The lowest BCUT2D eigenvalue weighted by atomic mass is 10.1. The van der Waals surface area contributed by atoms with Gasteiger partial charge in [-0.05, 0) is 48.9 Å². The number of amidine groups is 1. The molecule has 1 atom stereocenters. The van der Waals surface area contributed by atoms with Crippen LogP contribution >= 0.6 is 0 Å². The van der Waals surface area contributed by atoms with Gasteiger partial charge in [-0.2, -0.15) is 4.99 Å². The molecule has 0 spiro atoms. The van der Waals surface area contributed by atoms with Gasteiger partial charge in [0.05, 0.1) is 31.0 Å². The van der Waals surface area contributed by atoms with E-state index >= 15 is 0 Å². The van der Waals surface area contributed by atoms with Crippen molar-refractivity contribution in [2.45, 2.75) is 33.2 Å². The first-order valence-electron chi connectivity index (χ1n) is 13.1. The number of amides is 3. The molecule has 1 unspecified atom stereocenters. The highest BCUT2D eigenvalue weighted by Gasteiger charge is 2.22. The van der Waals surface area contributed by atoms with E-state index < -0.39 is 17.9 Å². The van der Waals surface area contributed by atoms with Crippen LogP contribution in [0.1, 0.15) is 43.0 Å². The number of aromatic nitrogens is 3. The summed E-state index contributed by atoms with van der Waals surface area (Å²) in [6.45, 7) is 4.43. The summed E-state index contributed by atoms with van der Waals surface area (Å²) in [4.78, 5) is 50.2. The molecule has 0 bridgehead atoms. The van der Waals surface area contributed by atoms with E-state index in [9.17, 15) is 14.4 Å². The Morgan fingerprint density at radius 2 is 1.90 bits per heavy atom. The van der Waals surface area contributed by atoms with Crippen LogP contribution in [0.4, 0.5) is 16.3 Å². The molecule has 3 rings (SSSR count). The van der Waals surface area contributed by atoms with Crippen LogP contribution in [-0.2, 0) is 34.3 Å². The highest BCUT2D eigenvalue weighted by molar-refractivity contribution is 6.02. The van der Waals surface area contributed by atoms with Crippen LogP contribution in [0.5, 0.6) is 0 Å². The minimum Gasteiger partial charge on any atom is -0.451 e. The molecule has 1 aromatic carbocycles. The Balaban J connectivity index is 1.72. The van der Waals surface area contributed by atoms with Gasteiger partial charge in [-0.25, -0.2) is 14.8 Å². The number of imidazole rings is 1. The van der Waals surface area contributed by atoms with Crippen molar-refractivity contribution in [3.05, 3.63) is 77.5 Å². The molecule has 2 heterocycles. The van der Waals surface area contributed by atoms with Crippen molar-refractivity contribution in [2.24, 2.45) is 29.4 Å². The number of anilines is 2. The van der Waals surface area contributed by atoms with E-state index in [0.29, 0.717) is 24.3 Å². The smallest absolute Gasteiger partial charge is 0.435 e. The highest BCUT2D eigenvalue weighted by atomic mass is 16.5. The Labute approximate surface area is 239 Å². The molecule has 12 nitrogen and oxygen atoms in total. The number of nitrogens with one attached hydrogen (secondary N) is 1. The first-order valence-corrected chi connectivity index (χ1v) is 13.1. The summed E-state index contributed by atoms with van der Waals surface area (Å²) in [6.07, 6.45) is 5.32. The summed E-state index contributed by atoms with van der Waals surface area (Å²) < 4.78 is 6.49. The molecule has 0 radical (unpaired) electrons. The molecule has 0 aliphatic rings. The number of pyridine rings is 1. The number of rotatable bonds is 12. The Bertz CT molecular complexity index is 1410. The number of benzene rings is 1. The molecule has 0 aliphatic carbocycles. The standard InChI is InChI=1S/C29H36N8O4/c1-5-22-23(14-9-19(2)28(39)37(17-15-24(30)38)25-8-6-7-16-32-25)36(3)26(34-22)18-33-21-12-10-20(11-13-21)27(31)35-29(40)41-4/h6-14,16,19,33H,5,15,17-18H2,1-4H3,(H2,30,38)(H2,31,35,40)/b14-9-. The largest absolute Gasteiger partial charge is 0.451 e. The van der Waals surface area contributed by atoms with Gasteiger partial charge in [0.1, 0.15) is 17.5 Å². The predicted octanol–water partition coefficient (Wildman–Crippen LogP) is 3.02. The van der Waals surface area contributed by atoms with E-state index in [4.69, 9.17) is 16.5 Å². The van der Waals surface area contributed by atoms with Crippen molar-refractivity contribution >= 4 is 41.3 Å². The molecule has 5 N–H and O–H groups in total. The minimum atomic E-state index is -0.761. The third-order valence-electron chi connectivity index (χ3n) is 6.37. The fourth-order valence-electron chi connectivity index (χ4n) is 4.03. The summed E-state index contributed by atoms with van der Waals surface area (Å²) in [5, 5.41) is 3.34. The summed E-state index contributed by atoms with van der Waals surface area (Å²) in [5.41, 5.74) is 14.4. The molecule has 0 saturated carbocycles. The lowest BCUT2D eigenvalue weighted by molar-refractivity contribution is -0.120. The van der Waals surface area contributed by atoms with Crippen molar-refractivity contribution in [3.8, 4) is 0 Å². The zero-order valence-corrected chi connectivity index (χ0v) is 23.7. The number of primary amides is 1. The van der Waals surface area contributed by atoms with Crippen LogP contribution in [0.2, 0.25) is 0 Å². The van der Waals surface area contributed by atoms with Gasteiger partial charge in [-0.15, -0.1) is 0 Å². The molecule has 0 fully saturated rings. The van der Waals surface area contributed by atoms with Crippen LogP contribution in [0.3, 0.4) is 0 Å². The van der Waals surface area contributed by atoms with E-state index in [1.807, 2.05) is 42.8 Å². The Hall–Kier alpha value is -5.00. The third-order valence-corrected chi connectivity index (χ3v) is 6.37. The molecule has 3 amide bonds. The van der Waals surface area contributed by atoms with Crippen molar-refractivity contribution in [2.75, 3.05) is 23.9 Å². The Kier molecular flexibility index (Phi) is 10.7. The number of nitrogens with zero attached hydrogens (tertiary/aromatic N) is 5. The maximum atomic E-state index is 13.3. The van der Waals surface area contributed by atoms with Gasteiger partial charge < -0.3 is 26.1 Å². The van der Waals surface area contributed by atoms with Gasteiger partial charge in [0.25, 0.3) is 0 Å². The molecule has 41 heavy (non-hydrogen) atoms. The number of carbonyl (C=O) groups excluding carboxylic acids is 3. The molecular formula is C29H36N8O4. The molecular weight excluding hydrogens is 524 g/mol. The lowest BCUT2D eigenvalue weighted by Gasteiger charge is -2.23. The maximum absolute atomic E-state index is 13.3. The zero-order chi connectivity index (χ0) is 29.9. The van der Waals surface area contributed by atoms with Crippen LogP contribution in [0, 0.1) is 5.92 Å². The Morgan fingerprint density at radius 1 is 1.17 bits per heavy atom. The number of carbonyl (C=O) groups is 3. The first kappa shape index (κ1) is 30.5. The van der Waals surface area contributed by atoms with E-state index in [1.54, 1.807) is 43.5 Å². The second kappa shape index (κ2) is 14.4. The normalized spacial score (nSPS) is 12.2. The average molecular weight is 561 g/mol. The van der Waals surface area contributed by atoms with Gasteiger partial charge in [0, 0.05) is 37.5 Å². The summed E-state index contributed by atoms with van der Waals surface area (Å²) in [7, 11) is 3.16.